The number of benzene rings is 1. The summed E-state index contributed by atoms with van der Waals surface area (Å²) in [6.45, 7) is 2.10. The zero-order valence-corrected chi connectivity index (χ0v) is 11.0. The summed E-state index contributed by atoms with van der Waals surface area (Å²) in [5, 5.41) is 6.78. The molecule has 2 aromatic rings. The van der Waals surface area contributed by atoms with E-state index in [2.05, 4.69) is 10.5 Å². The standard InChI is InChI=1S/C15H16N2O3/c18-15(16-9-11-6-7-19-10-11)14-8-13(17-20-14)12-4-2-1-3-5-12/h1-5,8,11H,6-7,9-10H2,(H,16,18). The van der Waals surface area contributed by atoms with Crippen molar-refractivity contribution in [1.29, 1.82) is 0 Å². The number of rotatable bonds is 4. The van der Waals surface area contributed by atoms with Gasteiger partial charge in [0.1, 0.15) is 5.69 Å². The lowest BCUT2D eigenvalue weighted by atomic mass is 10.1. The zero-order valence-electron chi connectivity index (χ0n) is 11.0. The number of amides is 1. The van der Waals surface area contributed by atoms with Crippen molar-refractivity contribution in [3.63, 3.8) is 0 Å². The highest BCUT2D eigenvalue weighted by atomic mass is 16.5. The molecule has 0 spiro atoms. The molecule has 0 bridgehead atoms. The van der Waals surface area contributed by atoms with Gasteiger partial charge in [0.2, 0.25) is 5.76 Å². The summed E-state index contributed by atoms with van der Waals surface area (Å²) in [6, 6.07) is 11.3. The van der Waals surface area contributed by atoms with E-state index in [1.807, 2.05) is 30.3 Å². The molecule has 1 aliphatic heterocycles. The summed E-state index contributed by atoms with van der Waals surface area (Å²) >= 11 is 0. The summed E-state index contributed by atoms with van der Waals surface area (Å²) in [4.78, 5) is 12.0. The second kappa shape index (κ2) is 5.88. The largest absolute Gasteiger partial charge is 0.381 e. The van der Waals surface area contributed by atoms with E-state index >= 15 is 0 Å². The summed E-state index contributed by atoms with van der Waals surface area (Å²) in [7, 11) is 0. The van der Waals surface area contributed by atoms with Crippen LogP contribution in [0.15, 0.2) is 40.9 Å². The van der Waals surface area contributed by atoms with E-state index in [9.17, 15) is 4.79 Å². The molecule has 20 heavy (non-hydrogen) atoms. The number of carbonyl (C=O) groups excluding carboxylic acids is 1. The minimum absolute atomic E-state index is 0.230. The average molecular weight is 272 g/mol. The fourth-order valence-electron chi connectivity index (χ4n) is 2.20. The average Bonchev–Trinajstić information content (AvgIpc) is 3.17. The lowest BCUT2D eigenvalue weighted by Crippen LogP contribution is -2.29. The predicted octanol–water partition coefficient (Wildman–Crippen LogP) is 2.11. The third-order valence-electron chi connectivity index (χ3n) is 3.38. The summed E-state index contributed by atoms with van der Waals surface area (Å²) in [6.07, 6.45) is 0.992. The van der Waals surface area contributed by atoms with Crippen LogP contribution in [0.1, 0.15) is 17.0 Å². The molecule has 1 unspecified atom stereocenters. The van der Waals surface area contributed by atoms with Crippen LogP contribution in [0.25, 0.3) is 11.3 Å². The van der Waals surface area contributed by atoms with Gasteiger partial charge in [-0.2, -0.15) is 0 Å². The van der Waals surface area contributed by atoms with Gasteiger partial charge >= 0.3 is 0 Å². The molecule has 0 aliphatic carbocycles. The Morgan fingerprint density at radius 1 is 1.35 bits per heavy atom. The minimum atomic E-state index is -0.230. The lowest BCUT2D eigenvalue weighted by molar-refractivity contribution is 0.0908. The maximum Gasteiger partial charge on any atom is 0.289 e. The first-order valence-electron chi connectivity index (χ1n) is 6.71. The van der Waals surface area contributed by atoms with E-state index in [1.165, 1.54) is 0 Å². The number of ether oxygens (including phenoxy) is 1. The third kappa shape index (κ3) is 2.88. The van der Waals surface area contributed by atoms with Crippen molar-refractivity contribution in [1.82, 2.24) is 10.5 Å². The van der Waals surface area contributed by atoms with Gasteiger partial charge in [-0.3, -0.25) is 4.79 Å². The summed E-state index contributed by atoms with van der Waals surface area (Å²) < 4.78 is 10.4. The van der Waals surface area contributed by atoms with Crippen molar-refractivity contribution in [3.05, 3.63) is 42.2 Å². The Labute approximate surface area is 116 Å². The first-order chi connectivity index (χ1) is 9.83. The molecule has 0 saturated carbocycles. The van der Waals surface area contributed by atoms with Crippen LogP contribution >= 0.6 is 0 Å². The van der Waals surface area contributed by atoms with Crippen molar-refractivity contribution in [3.8, 4) is 11.3 Å². The Morgan fingerprint density at radius 3 is 2.95 bits per heavy atom. The Kier molecular flexibility index (Phi) is 3.78. The molecule has 1 atom stereocenters. The Morgan fingerprint density at radius 2 is 2.20 bits per heavy atom. The highest BCUT2D eigenvalue weighted by molar-refractivity contribution is 5.92. The molecule has 5 nitrogen and oxygen atoms in total. The van der Waals surface area contributed by atoms with Crippen molar-refractivity contribution in [2.24, 2.45) is 5.92 Å². The summed E-state index contributed by atoms with van der Waals surface area (Å²) in [5.74, 6) is 0.407. The van der Waals surface area contributed by atoms with Crippen LogP contribution in [0.5, 0.6) is 0 Å². The molecular weight excluding hydrogens is 256 g/mol. The first kappa shape index (κ1) is 12.9. The number of hydrogen-bond donors (Lipinski definition) is 1. The van der Waals surface area contributed by atoms with Gasteiger partial charge in [-0.05, 0) is 6.42 Å². The number of hydrogen-bond acceptors (Lipinski definition) is 4. The molecule has 5 heteroatoms. The van der Waals surface area contributed by atoms with Crippen LogP contribution < -0.4 is 5.32 Å². The molecule has 1 aromatic carbocycles. The molecule has 1 N–H and O–H groups in total. The van der Waals surface area contributed by atoms with Crippen LogP contribution in [0.2, 0.25) is 0 Å². The Balaban J connectivity index is 1.62. The fraction of sp³-hybridized carbons (Fsp3) is 0.333. The monoisotopic (exact) mass is 272 g/mol. The van der Waals surface area contributed by atoms with E-state index < -0.39 is 0 Å². The van der Waals surface area contributed by atoms with Gasteiger partial charge < -0.3 is 14.6 Å². The van der Waals surface area contributed by atoms with E-state index in [0.717, 1.165) is 18.6 Å². The predicted molar refractivity (Wildman–Crippen MR) is 73.2 cm³/mol. The van der Waals surface area contributed by atoms with Gasteiger partial charge in [-0.15, -0.1) is 0 Å². The topological polar surface area (TPSA) is 64.4 Å². The molecular formula is C15H16N2O3. The minimum Gasteiger partial charge on any atom is -0.381 e. The van der Waals surface area contributed by atoms with Gasteiger partial charge in [0, 0.05) is 30.7 Å². The van der Waals surface area contributed by atoms with Gasteiger partial charge in [0.25, 0.3) is 5.91 Å². The number of aromatic nitrogens is 1. The second-order valence-electron chi connectivity index (χ2n) is 4.88. The maximum absolute atomic E-state index is 12.0. The number of carbonyl (C=O) groups is 1. The van der Waals surface area contributed by atoms with E-state index in [4.69, 9.17) is 9.26 Å². The van der Waals surface area contributed by atoms with E-state index in [0.29, 0.717) is 24.8 Å². The normalized spacial score (nSPS) is 18.1. The molecule has 3 rings (SSSR count). The first-order valence-corrected chi connectivity index (χ1v) is 6.71. The smallest absolute Gasteiger partial charge is 0.289 e. The van der Waals surface area contributed by atoms with Crippen LogP contribution in [0.3, 0.4) is 0 Å². The molecule has 1 aliphatic rings. The van der Waals surface area contributed by atoms with Gasteiger partial charge in [-0.25, -0.2) is 0 Å². The molecule has 1 aromatic heterocycles. The third-order valence-corrected chi connectivity index (χ3v) is 3.38. The molecule has 2 heterocycles. The number of nitrogens with zero attached hydrogens (tertiary/aromatic N) is 1. The molecule has 0 radical (unpaired) electrons. The second-order valence-corrected chi connectivity index (χ2v) is 4.88. The summed E-state index contributed by atoms with van der Waals surface area (Å²) in [5.41, 5.74) is 1.60. The quantitative estimate of drug-likeness (QED) is 0.925. The van der Waals surface area contributed by atoms with Crippen LogP contribution in [0.4, 0.5) is 0 Å². The van der Waals surface area contributed by atoms with Gasteiger partial charge in [0.15, 0.2) is 0 Å². The van der Waals surface area contributed by atoms with E-state index in [-0.39, 0.29) is 11.7 Å². The van der Waals surface area contributed by atoms with Crippen LogP contribution in [0, 0.1) is 5.92 Å². The van der Waals surface area contributed by atoms with Gasteiger partial charge in [-0.1, -0.05) is 35.5 Å². The Hall–Kier alpha value is -2.14. The molecule has 1 saturated heterocycles. The molecule has 1 fully saturated rings. The van der Waals surface area contributed by atoms with Crippen molar-refractivity contribution < 1.29 is 14.1 Å². The molecule has 1 amide bonds. The maximum atomic E-state index is 12.0. The van der Waals surface area contributed by atoms with Crippen LogP contribution in [-0.4, -0.2) is 30.8 Å². The molecule has 104 valence electrons. The van der Waals surface area contributed by atoms with Crippen molar-refractivity contribution >= 4 is 5.91 Å². The van der Waals surface area contributed by atoms with Crippen LogP contribution in [-0.2, 0) is 4.74 Å². The SMILES string of the molecule is O=C(NCC1CCOC1)c1cc(-c2ccccc2)no1. The Bertz CT molecular complexity index is 574. The van der Waals surface area contributed by atoms with E-state index in [1.54, 1.807) is 6.07 Å². The number of nitrogens with one attached hydrogen (secondary N) is 1. The van der Waals surface area contributed by atoms with Crippen molar-refractivity contribution in [2.45, 2.75) is 6.42 Å². The fourth-order valence-corrected chi connectivity index (χ4v) is 2.20. The highest BCUT2D eigenvalue weighted by Crippen LogP contribution is 2.18. The van der Waals surface area contributed by atoms with Gasteiger partial charge in [0.05, 0.1) is 6.61 Å². The highest BCUT2D eigenvalue weighted by Gasteiger charge is 2.19. The lowest BCUT2D eigenvalue weighted by Gasteiger charge is -2.07. The zero-order chi connectivity index (χ0) is 13.8. The van der Waals surface area contributed by atoms with Crippen molar-refractivity contribution in [2.75, 3.05) is 19.8 Å².